The zero-order chi connectivity index (χ0) is 15.1. The lowest BCUT2D eigenvalue weighted by molar-refractivity contribution is -0.130. The molecule has 1 aromatic rings. The summed E-state index contributed by atoms with van der Waals surface area (Å²) in [4.78, 5) is 24.7. The van der Waals surface area contributed by atoms with Crippen LogP contribution in [0.5, 0.6) is 0 Å². The predicted octanol–water partition coefficient (Wildman–Crippen LogP) is 2.82. The highest BCUT2D eigenvalue weighted by atomic mass is 16.4. The van der Waals surface area contributed by atoms with Crippen molar-refractivity contribution in [2.75, 3.05) is 13.6 Å². The van der Waals surface area contributed by atoms with E-state index >= 15 is 0 Å². The first-order valence-electron chi connectivity index (χ1n) is 6.97. The highest BCUT2D eigenvalue weighted by molar-refractivity contribution is 5.89. The van der Waals surface area contributed by atoms with Crippen molar-refractivity contribution >= 4 is 11.9 Å². The van der Waals surface area contributed by atoms with Gasteiger partial charge in [0.15, 0.2) is 0 Å². The van der Waals surface area contributed by atoms with Crippen LogP contribution in [0.1, 0.15) is 42.6 Å². The highest BCUT2D eigenvalue weighted by Gasteiger charge is 2.12. The number of nitrogens with zero attached hydrogens (tertiary/aromatic N) is 1. The number of likely N-dealkylation sites (N-methyl/N-ethyl adjacent to an activating group) is 1. The van der Waals surface area contributed by atoms with Crippen molar-refractivity contribution in [1.82, 2.24) is 4.90 Å². The van der Waals surface area contributed by atoms with E-state index in [1.54, 1.807) is 30.1 Å². The lowest BCUT2D eigenvalue weighted by Gasteiger charge is -2.18. The quantitative estimate of drug-likeness (QED) is 0.833. The van der Waals surface area contributed by atoms with E-state index in [1.807, 2.05) is 6.07 Å². The Labute approximate surface area is 120 Å². The molecule has 0 aliphatic heterocycles. The number of carbonyl (C=O) groups excluding carboxylic acids is 1. The third-order valence-electron chi connectivity index (χ3n) is 3.33. The molecule has 0 heterocycles. The normalized spacial score (nSPS) is 10.6. The van der Waals surface area contributed by atoms with Crippen molar-refractivity contribution < 1.29 is 14.7 Å². The van der Waals surface area contributed by atoms with Crippen LogP contribution >= 0.6 is 0 Å². The highest BCUT2D eigenvalue weighted by Crippen LogP contribution is 2.11. The predicted molar refractivity (Wildman–Crippen MR) is 78.8 cm³/mol. The van der Waals surface area contributed by atoms with Crippen molar-refractivity contribution in [2.45, 2.75) is 33.1 Å². The molecule has 0 radical (unpaired) electrons. The molecule has 0 fully saturated rings. The van der Waals surface area contributed by atoms with Crippen LogP contribution in [0.2, 0.25) is 0 Å². The lowest BCUT2D eigenvalue weighted by atomic mass is 10.0. The van der Waals surface area contributed by atoms with Gasteiger partial charge < -0.3 is 10.0 Å². The Balaban J connectivity index is 2.54. The van der Waals surface area contributed by atoms with Gasteiger partial charge in [-0.1, -0.05) is 32.0 Å². The number of hydrogen-bond acceptors (Lipinski definition) is 2. The van der Waals surface area contributed by atoms with Gasteiger partial charge in [0, 0.05) is 20.0 Å². The third kappa shape index (κ3) is 5.03. The molecule has 0 unspecified atom stereocenters. The molecule has 20 heavy (non-hydrogen) atoms. The van der Waals surface area contributed by atoms with Gasteiger partial charge in [-0.3, -0.25) is 4.79 Å². The van der Waals surface area contributed by atoms with Crippen molar-refractivity contribution in [3.8, 4) is 0 Å². The Kier molecular flexibility index (Phi) is 6.22. The average molecular weight is 277 g/mol. The number of aromatic carboxylic acids is 1. The Morgan fingerprint density at radius 1 is 1.25 bits per heavy atom. The first-order chi connectivity index (χ1) is 9.41. The van der Waals surface area contributed by atoms with Crippen molar-refractivity contribution in [3.63, 3.8) is 0 Å². The van der Waals surface area contributed by atoms with Gasteiger partial charge in [-0.2, -0.15) is 0 Å². The smallest absolute Gasteiger partial charge is 0.335 e. The fraction of sp³-hybridized carbons (Fsp3) is 0.500. The van der Waals surface area contributed by atoms with E-state index in [-0.39, 0.29) is 5.91 Å². The molecule has 4 nitrogen and oxygen atoms in total. The largest absolute Gasteiger partial charge is 0.478 e. The molecular weight excluding hydrogens is 254 g/mol. The van der Waals surface area contributed by atoms with E-state index in [4.69, 9.17) is 5.11 Å². The number of amides is 1. The van der Waals surface area contributed by atoms with Crippen LogP contribution in [-0.2, 0) is 11.2 Å². The number of carbonyl (C=O) groups is 2. The maximum absolute atomic E-state index is 11.9. The summed E-state index contributed by atoms with van der Waals surface area (Å²) >= 11 is 0. The SMILES string of the molecule is CC(C)CCC(=O)N(C)CCc1ccccc1C(=O)O. The number of carboxylic acid groups (broad SMARTS) is 1. The first kappa shape index (κ1) is 16.2. The molecule has 1 aromatic carbocycles. The molecule has 0 bridgehead atoms. The van der Waals surface area contributed by atoms with Crippen molar-refractivity contribution in [3.05, 3.63) is 35.4 Å². The van der Waals surface area contributed by atoms with Crippen LogP contribution in [0, 0.1) is 5.92 Å². The molecule has 0 spiro atoms. The lowest BCUT2D eigenvalue weighted by Crippen LogP contribution is -2.29. The minimum absolute atomic E-state index is 0.117. The van der Waals surface area contributed by atoms with Crippen LogP contribution in [0.25, 0.3) is 0 Å². The van der Waals surface area contributed by atoms with Crippen LogP contribution < -0.4 is 0 Å². The number of rotatable bonds is 7. The Hall–Kier alpha value is -1.84. The molecule has 1 rings (SSSR count). The van der Waals surface area contributed by atoms with Crippen LogP contribution in [0.15, 0.2) is 24.3 Å². The van der Waals surface area contributed by atoms with E-state index in [1.165, 1.54) is 0 Å². The fourth-order valence-electron chi connectivity index (χ4n) is 1.96. The molecule has 0 aliphatic carbocycles. The summed E-state index contributed by atoms with van der Waals surface area (Å²) in [6, 6.07) is 6.93. The van der Waals surface area contributed by atoms with Gasteiger partial charge in [0.25, 0.3) is 0 Å². The second-order valence-electron chi connectivity index (χ2n) is 5.46. The van der Waals surface area contributed by atoms with E-state index in [9.17, 15) is 9.59 Å². The monoisotopic (exact) mass is 277 g/mol. The summed E-state index contributed by atoms with van der Waals surface area (Å²) in [7, 11) is 1.77. The molecule has 110 valence electrons. The van der Waals surface area contributed by atoms with Gasteiger partial charge in [0.05, 0.1) is 5.56 Å². The van der Waals surface area contributed by atoms with Gasteiger partial charge in [-0.05, 0) is 30.4 Å². The van der Waals surface area contributed by atoms with E-state index in [0.29, 0.717) is 30.9 Å². The minimum atomic E-state index is -0.922. The first-order valence-corrected chi connectivity index (χ1v) is 6.97. The molecule has 0 aliphatic rings. The third-order valence-corrected chi connectivity index (χ3v) is 3.33. The van der Waals surface area contributed by atoms with E-state index in [0.717, 1.165) is 12.0 Å². The van der Waals surface area contributed by atoms with Crippen LogP contribution in [0.4, 0.5) is 0 Å². The van der Waals surface area contributed by atoms with Crippen molar-refractivity contribution in [2.24, 2.45) is 5.92 Å². The number of benzene rings is 1. The van der Waals surface area contributed by atoms with Crippen LogP contribution in [0.3, 0.4) is 0 Å². The van der Waals surface area contributed by atoms with Gasteiger partial charge in [-0.15, -0.1) is 0 Å². The maximum atomic E-state index is 11.9. The summed E-state index contributed by atoms with van der Waals surface area (Å²) in [6.45, 7) is 4.73. The Morgan fingerprint density at radius 3 is 2.50 bits per heavy atom. The molecule has 0 saturated heterocycles. The van der Waals surface area contributed by atoms with E-state index < -0.39 is 5.97 Å². The summed E-state index contributed by atoms with van der Waals surface area (Å²) in [6.07, 6.45) is 2.00. The zero-order valence-corrected chi connectivity index (χ0v) is 12.4. The summed E-state index contributed by atoms with van der Waals surface area (Å²) < 4.78 is 0. The van der Waals surface area contributed by atoms with Gasteiger partial charge >= 0.3 is 5.97 Å². The van der Waals surface area contributed by atoms with Crippen molar-refractivity contribution in [1.29, 1.82) is 0 Å². The molecule has 1 N–H and O–H groups in total. The van der Waals surface area contributed by atoms with Gasteiger partial charge in [0.1, 0.15) is 0 Å². The van der Waals surface area contributed by atoms with E-state index in [2.05, 4.69) is 13.8 Å². The molecule has 0 atom stereocenters. The Morgan fingerprint density at radius 2 is 1.90 bits per heavy atom. The number of hydrogen-bond donors (Lipinski definition) is 1. The van der Waals surface area contributed by atoms with Gasteiger partial charge in [0.2, 0.25) is 5.91 Å². The summed E-state index contributed by atoms with van der Waals surface area (Å²) in [5.74, 6) is -0.291. The standard InChI is InChI=1S/C16H23NO3/c1-12(2)8-9-15(18)17(3)11-10-13-6-4-5-7-14(13)16(19)20/h4-7,12H,8-11H2,1-3H3,(H,19,20). The second kappa shape index (κ2) is 7.68. The average Bonchev–Trinajstić information content (AvgIpc) is 2.42. The van der Waals surface area contributed by atoms with Crippen LogP contribution in [-0.4, -0.2) is 35.5 Å². The summed E-state index contributed by atoms with van der Waals surface area (Å²) in [5, 5.41) is 9.10. The zero-order valence-electron chi connectivity index (χ0n) is 12.4. The summed E-state index contributed by atoms with van der Waals surface area (Å²) in [5.41, 5.74) is 1.08. The molecule has 0 saturated carbocycles. The fourth-order valence-corrected chi connectivity index (χ4v) is 1.96. The molecular formula is C16H23NO3. The molecule has 1 amide bonds. The maximum Gasteiger partial charge on any atom is 0.335 e. The topological polar surface area (TPSA) is 57.6 Å². The number of carboxylic acids is 1. The van der Waals surface area contributed by atoms with Gasteiger partial charge in [-0.25, -0.2) is 4.79 Å². The molecule has 0 aromatic heterocycles. The second-order valence-corrected chi connectivity index (χ2v) is 5.46. The minimum Gasteiger partial charge on any atom is -0.478 e. The molecule has 4 heteroatoms. The Bertz CT molecular complexity index is 469.